The molecule has 8 heteroatoms. The molecule has 0 aromatic heterocycles. The molecule has 0 spiro atoms. The Morgan fingerprint density at radius 2 is 2.00 bits per heavy atom. The Labute approximate surface area is 147 Å². The highest BCUT2D eigenvalue weighted by Gasteiger charge is 2.34. The van der Waals surface area contributed by atoms with Crippen molar-refractivity contribution in [1.29, 1.82) is 0 Å². The third-order valence-corrected chi connectivity index (χ3v) is 4.22. The monoisotopic (exact) mass is 365 g/mol. The molecule has 2 amide bonds. The van der Waals surface area contributed by atoms with Gasteiger partial charge in [-0.3, -0.25) is 9.59 Å². The fourth-order valence-corrected chi connectivity index (χ4v) is 3.23. The lowest BCUT2D eigenvalue weighted by Gasteiger charge is -2.38. The molecule has 3 rings (SSSR count). The van der Waals surface area contributed by atoms with E-state index in [1.54, 1.807) is 29.2 Å². The average Bonchev–Trinajstić information content (AvgIpc) is 2.53. The Morgan fingerprint density at radius 3 is 2.71 bits per heavy atom. The van der Waals surface area contributed by atoms with Crippen LogP contribution in [-0.2, 0) is 4.79 Å². The van der Waals surface area contributed by atoms with Gasteiger partial charge in [0.25, 0.3) is 5.91 Å². The zero-order valence-corrected chi connectivity index (χ0v) is 13.8. The molecule has 0 aliphatic carbocycles. The predicted molar refractivity (Wildman–Crippen MR) is 91.3 cm³/mol. The molecule has 2 aromatic rings. The van der Waals surface area contributed by atoms with Crippen LogP contribution in [0.4, 0.5) is 5.69 Å². The second-order valence-electron chi connectivity index (χ2n) is 5.31. The molecule has 124 valence electrons. The van der Waals surface area contributed by atoms with Crippen molar-refractivity contribution in [2.45, 2.75) is 6.17 Å². The number of nitrogens with one attached hydrogen (secondary N) is 1. The highest BCUT2D eigenvalue weighted by atomic mass is 35.5. The number of primary amides is 1. The Hall–Kier alpha value is -2.44. The maximum Gasteiger partial charge on any atom is 0.255 e. The quantitative estimate of drug-likeness (QED) is 0.778. The second kappa shape index (κ2) is 6.22. The summed E-state index contributed by atoms with van der Waals surface area (Å²) >= 11 is 12.0. The number of carbonyl (C=O) groups excluding carboxylic acids is 2. The number of amides is 2. The van der Waals surface area contributed by atoms with E-state index >= 15 is 0 Å². The lowest BCUT2D eigenvalue weighted by molar-refractivity contribution is -0.116. The molecular weight excluding hydrogens is 353 g/mol. The zero-order valence-electron chi connectivity index (χ0n) is 12.3. The SMILES string of the molecule is NC(=O)CN1c2ccccc2C(=O)NC1c1cc(Cl)cc(Cl)c1O. The van der Waals surface area contributed by atoms with Crippen LogP contribution < -0.4 is 16.0 Å². The topological polar surface area (TPSA) is 95.7 Å². The summed E-state index contributed by atoms with van der Waals surface area (Å²) in [7, 11) is 0. The average molecular weight is 366 g/mol. The van der Waals surface area contributed by atoms with E-state index in [4.69, 9.17) is 28.9 Å². The first kappa shape index (κ1) is 16.4. The summed E-state index contributed by atoms with van der Waals surface area (Å²) in [5.74, 6) is -1.15. The van der Waals surface area contributed by atoms with Gasteiger partial charge in [-0.25, -0.2) is 0 Å². The zero-order chi connectivity index (χ0) is 17.4. The standard InChI is InChI=1S/C16H13Cl2N3O3/c17-8-5-10(14(23)11(18)6-8)15-20-16(24)9-3-1-2-4-12(9)21(15)7-13(19)22/h1-6,15,23H,7H2,(H2,19,22)(H,20,24). The van der Waals surface area contributed by atoms with E-state index in [-0.39, 0.29) is 28.8 Å². The van der Waals surface area contributed by atoms with E-state index < -0.39 is 12.1 Å². The number of anilines is 1. The number of carbonyl (C=O) groups is 2. The lowest BCUT2D eigenvalue weighted by atomic mass is 10.0. The van der Waals surface area contributed by atoms with Gasteiger partial charge in [0, 0.05) is 10.6 Å². The summed E-state index contributed by atoms with van der Waals surface area (Å²) in [5, 5.41) is 13.4. The van der Waals surface area contributed by atoms with Gasteiger partial charge in [-0.1, -0.05) is 35.3 Å². The third kappa shape index (κ3) is 2.86. The number of phenols is 1. The van der Waals surface area contributed by atoms with Crippen molar-refractivity contribution >= 4 is 40.7 Å². The van der Waals surface area contributed by atoms with Crippen molar-refractivity contribution in [3.63, 3.8) is 0 Å². The minimum Gasteiger partial charge on any atom is -0.506 e. The number of phenolic OH excluding ortho intramolecular Hbond substituents is 1. The molecule has 0 bridgehead atoms. The number of nitrogens with zero attached hydrogens (tertiary/aromatic N) is 1. The summed E-state index contributed by atoms with van der Waals surface area (Å²) < 4.78 is 0. The Morgan fingerprint density at radius 1 is 1.29 bits per heavy atom. The fraction of sp³-hybridized carbons (Fsp3) is 0.125. The van der Waals surface area contributed by atoms with Crippen LogP contribution >= 0.6 is 23.2 Å². The van der Waals surface area contributed by atoms with Crippen molar-refractivity contribution in [2.24, 2.45) is 5.73 Å². The Balaban J connectivity index is 2.17. The number of fused-ring (bicyclic) bond motifs is 1. The molecular formula is C16H13Cl2N3O3. The van der Waals surface area contributed by atoms with Gasteiger partial charge in [-0.05, 0) is 24.3 Å². The normalized spacial score (nSPS) is 16.5. The van der Waals surface area contributed by atoms with Crippen LogP contribution in [0.5, 0.6) is 5.75 Å². The third-order valence-electron chi connectivity index (χ3n) is 3.72. The lowest BCUT2D eigenvalue weighted by Crippen LogP contribution is -2.49. The number of benzene rings is 2. The van der Waals surface area contributed by atoms with E-state index in [1.807, 2.05) is 0 Å². The van der Waals surface area contributed by atoms with E-state index in [0.717, 1.165) is 0 Å². The minimum absolute atomic E-state index is 0.0460. The molecule has 0 fully saturated rings. The summed E-state index contributed by atoms with van der Waals surface area (Å²) in [5.41, 5.74) is 6.55. The van der Waals surface area contributed by atoms with Crippen molar-refractivity contribution in [1.82, 2.24) is 5.32 Å². The van der Waals surface area contributed by atoms with E-state index in [9.17, 15) is 14.7 Å². The maximum absolute atomic E-state index is 12.4. The van der Waals surface area contributed by atoms with Gasteiger partial charge in [-0.2, -0.15) is 0 Å². The Kier molecular flexibility index (Phi) is 4.26. The fourth-order valence-electron chi connectivity index (χ4n) is 2.72. The number of rotatable bonds is 3. The molecule has 6 nitrogen and oxygen atoms in total. The van der Waals surface area contributed by atoms with Crippen LogP contribution in [0.1, 0.15) is 22.1 Å². The molecule has 0 saturated heterocycles. The number of hydrogen-bond donors (Lipinski definition) is 3. The van der Waals surface area contributed by atoms with Crippen molar-refractivity contribution in [3.8, 4) is 5.75 Å². The molecule has 1 aliphatic rings. The van der Waals surface area contributed by atoms with E-state index in [1.165, 1.54) is 12.1 Å². The second-order valence-corrected chi connectivity index (χ2v) is 6.16. The number of aromatic hydroxyl groups is 1. The minimum atomic E-state index is -0.837. The number of nitrogens with two attached hydrogens (primary N) is 1. The molecule has 2 aromatic carbocycles. The van der Waals surface area contributed by atoms with Crippen LogP contribution in [0, 0.1) is 0 Å². The summed E-state index contributed by atoms with van der Waals surface area (Å²) in [6.07, 6.45) is -0.837. The highest BCUT2D eigenvalue weighted by Crippen LogP contribution is 2.40. The largest absolute Gasteiger partial charge is 0.506 e. The van der Waals surface area contributed by atoms with Gasteiger partial charge in [-0.15, -0.1) is 0 Å². The van der Waals surface area contributed by atoms with Crippen LogP contribution in [0.3, 0.4) is 0 Å². The van der Waals surface area contributed by atoms with Crippen LogP contribution in [-0.4, -0.2) is 23.5 Å². The van der Waals surface area contributed by atoms with Gasteiger partial charge in [0.2, 0.25) is 5.91 Å². The molecule has 1 aliphatic heterocycles. The maximum atomic E-state index is 12.4. The van der Waals surface area contributed by atoms with Crippen molar-refractivity contribution in [2.75, 3.05) is 11.4 Å². The molecule has 1 atom stereocenters. The van der Waals surface area contributed by atoms with Gasteiger partial charge in [0.1, 0.15) is 11.9 Å². The predicted octanol–water partition coefficient (Wildman–Crippen LogP) is 2.43. The number of hydrogen-bond acceptors (Lipinski definition) is 4. The number of para-hydroxylation sites is 1. The van der Waals surface area contributed by atoms with E-state index in [2.05, 4.69) is 5.32 Å². The Bertz CT molecular complexity index is 841. The van der Waals surface area contributed by atoms with Crippen LogP contribution in [0.2, 0.25) is 10.0 Å². The van der Waals surface area contributed by atoms with Gasteiger partial charge < -0.3 is 21.1 Å². The van der Waals surface area contributed by atoms with E-state index in [0.29, 0.717) is 16.3 Å². The van der Waals surface area contributed by atoms with Crippen molar-refractivity contribution < 1.29 is 14.7 Å². The molecule has 24 heavy (non-hydrogen) atoms. The number of halogens is 2. The van der Waals surface area contributed by atoms with Crippen LogP contribution in [0.15, 0.2) is 36.4 Å². The molecule has 1 heterocycles. The summed E-state index contributed by atoms with van der Waals surface area (Å²) in [4.78, 5) is 25.5. The highest BCUT2D eigenvalue weighted by molar-refractivity contribution is 6.35. The molecule has 1 unspecified atom stereocenters. The van der Waals surface area contributed by atoms with Crippen LogP contribution in [0.25, 0.3) is 0 Å². The van der Waals surface area contributed by atoms with Gasteiger partial charge in [0.05, 0.1) is 22.8 Å². The van der Waals surface area contributed by atoms with Crippen molar-refractivity contribution in [3.05, 3.63) is 57.6 Å². The molecule has 0 saturated carbocycles. The summed E-state index contributed by atoms with van der Waals surface area (Å²) in [6, 6.07) is 9.67. The molecule has 4 N–H and O–H groups in total. The molecule has 0 radical (unpaired) electrons. The van der Waals surface area contributed by atoms with Gasteiger partial charge in [0.15, 0.2) is 0 Å². The summed E-state index contributed by atoms with van der Waals surface area (Å²) in [6.45, 7) is -0.161. The van der Waals surface area contributed by atoms with Gasteiger partial charge >= 0.3 is 0 Å². The smallest absolute Gasteiger partial charge is 0.255 e. The first-order valence-corrected chi connectivity index (χ1v) is 7.77. The first-order chi connectivity index (χ1) is 11.4. The first-order valence-electron chi connectivity index (χ1n) is 7.01.